The maximum Gasteiger partial charge on any atom is 0.261 e. The molecule has 124 valence electrons. The summed E-state index contributed by atoms with van der Waals surface area (Å²) in [5.41, 5.74) is 1.74. The average molecular weight is 333 g/mol. The highest BCUT2D eigenvalue weighted by atomic mass is 32.2. The van der Waals surface area contributed by atoms with Gasteiger partial charge in [0.2, 0.25) is 0 Å². The lowest BCUT2D eigenvalue weighted by Crippen LogP contribution is -2.14. The lowest BCUT2D eigenvalue weighted by Gasteiger charge is -2.19. The Kier molecular flexibility index (Phi) is 5.00. The molecule has 0 aromatic heterocycles. The third kappa shape index (κ3) is 4.48. The fourth-order valence-electron chi connectivity index (χ4n) is 2.13. The fourth-order valence-corrected chi connectivity index (χ4v) is 3.19. The Bertz CT molecular complexity index is 742. The van der Waals surface area contributed by atoms with Gasteiger partial charge in [0.25, 0.3) is 10.0 Å². The largest absolute Gasteiger partial charge is 0.494 e. The maximum atomic E-state index is 12.4. The molecule has 0 saturated heterocycles. The van der Waals surface area contributed by atoms with E-state index in [9.17, 15) is 8.42 Å². The molecule has 0 aliphatic heterocycles. The van der Waals surface area contributed by atoms with Crippen molar-refractivity contribution in [2.45, 2.75) is 38.0 Å². The predicted octanol–water partition coefficient (Wildman–Crippen LogP) is 4.18. The Labute approximate surface area is 138 Å². The lowest BCUT2D eigenvalue weighted by molar-refractivity contribution is 0.340. The van der Waals surface area contributed by atoms with Gasteiger partial charge in [0.15, 0.2) is 0 Å². The summed E-state index contributed by atoms with van der Waals surface area (Å²) in [4.78, 5) is 0.209. The predicted molar refractivity (Wildman–Crippen MR) is 93.6 cm³/mol. The van der Waals surface area contributed by atoms with Crippen LogP contribution in [-0.4, -0.2) is 15.0 Å². The zero-order valence-corrected chi connectivity index (χ0v) is 14.8. The molecule has 0 aliphatic carbocycles. The zero-order valence-electron chi connectivity index (χ0n) is 14.0. The minimum Gasteiger partial charge on any atom is -0.494 e. The van der Waals surface area contributed by atoms with Gasteiger partial charge >= 0.3 is 0 Å². The van der Waals surface area contributed by atoms with E-state index in [2.05, 4.69) is 25.5 Å². The second kappa shape index (κ2) is 6.62. The summed E-state index contributed by atoms with van der Waals surface area (Å²) >= 11 is 0. The highest BCUT2D eigenvalue weighted by molar-refractivity contribution is 7.92. The summed E-state index contributed by atoms with van der Waals surface area (Å²) in [6, 6.07) is 13.8. The average Bonchev–Trinajstić information content (AvgIpc) is 2.47. The molecule has 0 radical (unpaired) electrons. The lowest BCUT2D eigenvalue weighted by atomic mass is 9.87. The maximum absolute atomic E-state index is 12.4. The van der Waals surface area contributed by atoms with Crippen LogP contribution in [0.5, 0.6) is 5.75 Å². The number of rotatable bonds is 5. The summed E-state index contributed by atoms with van der Waals surface area (Å²) in [5.74, 6) is 0.654. The third-order valence-corrected chi connectivity index (χ3v) is 4.85. The molecule has 0 spiro atoms. The van der Waals surface area contributed by atoms with Crippen LogP contribution in [0.25, 0.3) is 0 Å². The van der Waals surface area contributed by atoms with Crippen molar-refractivity contribution in [3.63, 3.8) is 0 Å². The van der Waals surface area contributed by atoms with Crippen molar-refractivity contribution in [2.24, 2.45) is 0 Å². The standard InChI is InChI=1S/C18H23NO3S/c1-5-22-16-10-12-17(13-11-16)23(20,21)19-15-8-6-14(7-9-15)18(2,3)4/h6-13,19H,5H2,1-4H3. The van der Waals surface area contributed by atoms with E-state index in [4.69, 9.17) is 4.74 Å². The van der Waals surface area contributed by atoms with Gasteiger partial charge in [-0.15, -0.1) is 0 Å². The van der Waals surface area contributed by atoms with E-state index in [-0.39, 0.29) is 10.3 Å². The summed E-state index contributed by atoms with van der Waals surface area (Å²) in [6.07, 6.45) is 0. The van der Waals surface area contributed by atoms with Gasteiger partial charge in [-0.1, -0.05) is 32.9 Å². The summed E-state index contributed by atoms with van der Waals surface area (Å²) in [7, 11) is -3.60. The van der Waals surface area contributed by atoms with Crippen molar-refractivity contribution >= 4 is 15.7 Å². The number of anilines is 1. The minimum atomic E-state index is -3.60. The van der Waals surface area contributed by atoms with Gasteiger partial charge in [-0.3, -0.25) is 4.72 Å². The van der Waals surface area contributed by atoms with Gasteiger partial charge in [0.1, 0.15) is 5.75 Å². The number of sulfonamides is 1. The molecule has 0 saturated carbocycles. The summed E-state index contributed by atoms with van der Waals surface area (Å²) in [5, 5.41) is 0. The first-order chi connectivity index (χ1) is 10.7. The number of ether oxygens (including phenoxy) is 1. The van der Waals surface area contributed by atoms with Crippen molar-refractivity contribution in [1.82, 2.24) is 0 Å². The molecule has 0 bridgehead atoms. The molecule has 1 N–H and O–H groups in total. The molecule has 0 unspecified atom stereocenters. The minimum absolute atomic E-state index is 0.0342. The van der Waals surface area contributed by atoms with E-state index in [1.54, 1.807) is 24.3 Å². The van der Waals surface area contributed by atoms with Crippen LogP contribution in [0.1, 0.15) is 33.3 Å². The molecule has 0 heterocycles. The number of hydrogen-bond donors (Lipinski definition) is 1. The normalized spacial score (nSPS) is 12.0. The molecule has 0 fully saturated rings. The van der Waals surface area contributed by atoms with Crippen molar-refractivity contribution < 1.29 is 13.2 Å². The van der Waals surface area contributed by atoms with Crippen molar-refractivity contribution in [3.8, 4) is 5.75 Å². The van der Waals surface area contributed by atoms with Crippen LogP contribution < -0.4 is 9.46 Å². The first-order valence-electron chi connectivity index (χ1n) is 7.58. The molecule has 5 heteroatoms. The second-order valence-corrected chi connectivity index (χ2v) is 8.02. The summed E-state index contributed by atoms with van der Waals surface area (Å²) < 4.78 is 32.7. The van der Waals surface area contributed by atoms with E-state index < -0.39 is 10.0 Å². The van der Waals surface area contributed by atoms with Gasteiger partial charge in [-0.25, -0.2) is 8.42 Å². The Morgan fingerprint density at radius 3 is 2.00 bits per heavy atom. The number of nitrogens with one attached hydrogen (secondary N) is 1. The molecular formula is C18H23NO3S. The summed E-state index contributed by atoms with van der Waals surface area (Å²) in [6.45, 7) is 8.78. The highest BCUT2D eigenvalue weighted by Gasteiger charge is 2.16. The SMILES string of the molecule is CCOc1ccc(S(=O)(=O)Nc2ccc(C(C)(C)C)cc2)cc1. The smallest absolute Gasteiger partial charge is 0.261 e. The second-order valence-electron chi connectivity index (χ2n) is 6.34. The Balaban J connectivity index is 2.17. The number of hydrogen-bond acceptors (Lipinski definition) is 3. The highest BCUT2D eigenvalue weighted by Crippen LogP contribution is 2.25. The van der Waals surface area contributed by atoms with E-state index in [0.29, 0.717) is 18.0 Å². The first-order valence-corrected chi connectivity index (χ1v) is 9.07. The van der Waals surface area contributed by atoms with E-state index >= 15 is 0 Å². The van der Waals surface area contributed by atoms with Gasteiger partial charge in [0, 0.05) is 5.69 Å². The molecule has 2 aromatic rings. The Morgan fingerprint density at radius 1 is 0.957 bits per heavy atom. The Morgan fingerprint density at radius 2 is 1.52 bits per heavy atom. The van der Waals surface area contributed by atoms with Crippen LogP contribution in [0.3, 0.4) is 0 Å². The zero-order chi connectivity index (χ0) is 17.1. The molecule has 0 atom stereocenters. The number of benzene rings is 2. The van der Waals surface area contributed by atoms with Crippen LogP contribution in [0.15, 0.2) is 53.4 Å². The molecule has 0 aliphatic rings. The molecule has 0 amide bonds. The van der Waals surface area contributed by atoms with E-state index in [1.807, 2.05) is 19.1 Å². The Hall–Kier alpha value is -2.01. The van der Waals surface area contributed by atoms with Crippen LogP contribution in [0.4, 0.5) is 5.69 Å². The van der Waals surface area contributed by atoms with Gasteiger partial charge in [0.05, 0.1) is 11.5 Å². The molecule has 23 heavy (non-hydrogen) atoms. The van der Waals surface area contributed by atoms with Gasteiger partial charge in [-0.05, 0) is 54.3 Å². The van der Waals surface area contributed by atoms with E-state index in [0.717, 1.165) is 5.56 Å². The quantitative estimate of drug-likeness (QED) is 0.893. The molecule has 2 aromatic carbocycles. The van der Waals surface area contributed by atoms with Gasteiger partial charge < -0.3 is 4.74 Å². The molecule has 2 rings (SSSR count). The van der Waals surface area contributed by atoms with Gasteiger partial charge in [-0.2, -0.15) is 0 Å². The van der Waals surface area contributed by atoms with Crippen molar-refractivity contribution in [2.75, 3.05) is 11.3 Å². The third-order valence-electron chi connectivity index (χ3n) is 3.45. The molecule has 4 nitrogen and oxygen atoms in total. The monoisotopic (exact) mass is 333 g/mol. The van der Waals surface area contributed by atoms with Crippen molar-refractivity contribution in [1.29, 1.82) is 0 Å². The topological polar surface area (TPSA) is 55.4 Å². The van der Waals surface area contributed by atoms with E-state index in [1.165, 1.54) is 12.1 Å². The van der Waals surface area contributed by atoms with Crippen LogP contribution in [0.2, 0.25) is 0 Å². The molecular weight excluding hydrogens is 310 g/mol. The van der Waals surface area contributed by atoms with Crippen molar-refractivity contribution in [3.05, 3.63) is 54.1 Å². The van der Waals surface area contributed by atoms with Crippen LogP contribution in [0, 0.1) is 0 Å². The fraction of sp³-hybridized carbons (Fsp3) is 0.333. The van der Waals surface area contributed by atoms with Crippen LogP contribution in [-0.2, 0) is 15.4 Å². The first kappa shape index (κ1) is 17.3. The van der Waals surface area contributed by atoms with Crippen LogP contribution >= 0.6 is 0 Å².